The number of aryl methyl sites for hydroxylation is 2. The minimum atomic E-state index is -3.07. The first-order chi connectivity index (χ1) is 11.8. The van der Waals surface area contributed by atoms with Crippen molar-refractivity contribution < 1.29 is 22.7 Å². The fourth-order valence-electron chi connectivity index (χ4n) is 3.55. The summed E-state index contributed by atoms with van der Waals surface area (Å²) < 4.78 is 28.7. The Hall–Kier alpha value is -1.41. The van der Waals surface area contributed by atoms with E-state index in [1.54, 1.807) is 13.8 Å². The monoisotopic (exact) mass is 385 g/mol. The van der Waals surface area contributed by atoms with Crippen LogP contribution >= 0.6 is 11.3 Å². The fraction of sp³-hybridized carbons (Fsp3) is 0.647. The predicted octanol–water partition coefficient (Wildman–Crippen LogP) is 1.82. The Kier molecular flexibility index (Phi) is 5.20. The van der Waals surface area contributed by atoms with E-state index in [1.165, 1.54) is 26.7 Å². The van der Waals surface area contributed by atoms with Crippen LogP contribution in [0.25, 0.3) is 0 Å². The number of carbonyl (C=O) groups is 2. The van der Waals surface area contributed by atoms with Crippen LogP contribution in [0.5, 0.6) is 0 Å². The van der Waals surface area contributed by atoms with Crippen LogP contribution in [0.15, 0.2) is 6.07 Å². The topological polar surface area (TPSA) is 80.8 Å². The number of nitrogens with zero attached hydrogens (tertiary/aromatic N) is 1. The van der Waals surface area contributed by atoms with Crippen molar-refractivity contribution in [3.63, 3.8) is 0 Å². The van der Waals surface area contributed by atoms with Crippen LogP contribution in [0.4, 0.5) is 0 Å². The highest BCUT2D eigenvalue weighted by Gasteiger charge is 2.36. The third kappa shape index (κ3) is 3.89. The van der Waals surface area contributed by atoms with Crippen LogP contribution in [-0.2, 0) is 32.2 Å². The molecule has 2 aliphatic rings. The van der Waals surface area contributed by atoms with Crippen molar-refractivity contribution in [3.8, 4) is 0 Å². The third-order valence-electron chi connectivity index (χ3n) is 4.85. The van der Waals surface area contributed by atoms with Crippen molar-refractivity contribution in [1.29, 1.82) is 0 Å². The molecule has 0 bridgehead atoms. The Morgan fingerprint density at radius 1 is 1.40 bits per heavy atom. The Morgan fingerprint density at radius 2 is 2.16 bits per heavy atom. The Morgan fingerprint density at radius 3 is 2.76 bits per heavy atom. The lowest BCUT2D eigenvalue weighted by Crippen LogP contribution is -2.46. The summed E-state index contributed by atoms with van der Waals surface area (Å²) in [5.41, 5.74) is 1.21. The molecule has 1 aliphatic heterocycles. The van der Waals surface area contributed by atoms with E-state index in [2.05, 4.69) is 0 Å². The first kappa shape index (κ1) is 18.4. The molecule has 1 fully saturated rings. The van der Waals surface area contributed by atoms with Gasteiger partial charge in [-0.2, -0.15) is 0 Å². The Bertz CT molecular complexity index is 761. The van der Waals surface area contributed by atoms with Crippen molar-refractivity contribution in [3.05, 3.63) is 21.4 Å². The summed E-state index contributed by atoms with van der Waals surface area (Å²) in [5, 5.41) is 0. The largest absolute Gasteiger partial charge is 0.448 e. The maximum atomic E-state index is 12.6. The summed E-state index contributed by atoms with van der Waals surface area (Å²) in [4.78, 5) is 28.3. The number of amides is 1. The standard InChI is InChI=1S/C17H23NO5S2/c1-3-18(13-7-8-25(21,22)10-13)16(19)11(2)23-17(20)15-9-12-5-4-6-14(12)24-15/h9,11,13H,3-8,10H2,1-2H3. The van der Waals surface area contributed by atoms with E-state index >= 15 is 0 Å². The maximum Gasteiger partial charge on any atom is 0.349 e. The molecule has 0 spiro atoms. The van der Waals surface area contributed by atoms with Gasteiger partial charge in [0.25, 0.3) is 5.91 Å². The van der Waals surface area contributed by atoms with E-state index < -0.39 is 21.9 Å². The molecule has 0 radical (unpaired) electrons. The highest BCUT2D eigenvalue weighted by molar-refractivity contribution is 7.91. The molecule has 2 unspecified atom stereocenters. The molecule has 3 rings (SSSR count). The first-order valence-corrected chi connectivity index (χ1v) is 11.3. The van der Waals surface area contributed by atoms with Gasteiger partial charge in [0, 0.05) is 17.5 Å². The molecule has 0 aromatic carbocycles. The van der Waals surface area contributed by atoms with Gasteiger partial charge in [-0.25, -0.2) is 13.2 Å². The number of ether oxygens (including phenoxy) is 1. The minimum Gasteiger partial charge on any atom is -0.448 e. The maximum absolute atomic E-state index is 12.6. The third-order valence-corrected chi connectivity index (χ3v) is 7.82. The van der Waals surface area contributed by atoms with Crippen molar-refractivity contribution in [1.82, 2.24) is 4.90 Å². The second kappa shape index (κ2) is 7.07. The van der Waals surface area contributed by atoms with Gasteiger partial charge in [0.15, 0.2) is 15.9 Å². The van der Waals surface area contributed by atoms with E-state index in [0.717, 1.165) is 19.3 Å². The molecule has 1 aromatic rings. The molecule has 0 saturated carbocycles. The van der Waals surface area contributed by atoms with Crippen molar-refractivity contribution in [2.24, 2.45) is 0 Å². The van der Waals surface area contributed by atoms with Gasteiger partial charge in [0.1, 0.15) is 4.88 Å². The lowest BCUT2D eigenvalue weighted by atomic mass is 10.2. The zero-order valence-electron chi connectivity index (χ0n) is 14.5. The van der Waals surface area contributed by atoms with Gasteiger partial charge >= 0.3 is 5.97 Å². The van der Waals surface area contributed by atoms with Gasteiger partial charge in [-0.3, -0.25) is 4.79 Å². The van der Waals surface area contributed by atoms with Gasteiger partial charge in [0.2, 0.25) is 0 Å². The average Bonchev–Trinajstić information content (AvgIpc) is 3.22. The zero-order chi connectivity index (χ0) is 18.2. The minimum absolute atomic E-state index is 0.00904. The van der Waals surface area contributed by atoms with Gasteiger partial charge < -0.3 is 9.64 Å². The number of esters is 1. The quantitative estimate of drug-likeness (QED) is 0.722. The average molecular weight is 386 g/mol. The molecule has 1 amide bonds. The molecule has 25 heavy (non-hydrogen) atoms. The summed E-state index contributed by atoms with van der Waals surface area (Å²) in [6.45, 7) is 3.75. The molecule has 6 nitrogen and oxygen atoms in total. The number of fused-ring (bicyclic) bond motifs is 1. The summed E-state index contributed by atoms with van der Waals surface area (Å²) in [7, 11) is -3.07. The van der Waals surface area contributed by atoms with E-state index in [4.69, 9.17) is 4.74 Å². The Balaban J connectivity index is 1.63. The normalized spacial score (nSPS) is 22.4. The number of likely N-dealkylation sites (N-methyl/N-ethyl adjacent to an activating group) is 1. The number of rotatable bonds is 5. The highest BCUT2D eigenvalue weighted by Crippen LogP contribution is 2.31. The lowest BCUT2D eigenvalue weighted by molar-refractivity contribution is -0.141. The smallest absolute Gasteiger partial charge is 0.349 e. The summed E-state index contributed by atoms with van der Waals surface area (Å²) in [6, 6.07) is 1.54. The van der Waals surface area contributed by atoms with E-state index in [0.29, 0.717) is 17.8 Å². The molecule has 2 heterocycles. The van der Waals surface area contributed by atoms with Crippen LogP contribution in [0.2, 0.25) is 0 Å². The molecular formula is C17H23NO5S2. The second-order valence-corrected chi connectivity index (χ2v) is 10.0. The molecule has 1 saturated heterocycles. The number of sulfone groups is 1. The summed E-state index contributed by atoms with van der Waals surface area (Å²) >= 11 is 1.44. The van der Waals surface area contributed by atoms with Crippen LogP contribution in [0.3, 0.4) is 0 Å². The van der Waals surface area contributed by atoms with Gasteiger partial charge in [-0.15, -0.1) is 11.3 Å². The summed E-state index contributed by atoms with van der Waals surface area (Å²) in [6.07, 6.45) is 2.64. The first-order valence-electron chi connectivity index (χ1n) is 8.64. The molecule has 0 N–H and O–H groups in total. The van der Waals surface area contributed by atoms with Crippen LogP contribution in [-0.4, -0.2) is 55.4 Å². The van der Waals surface area contributed by atoms with Crippen molar-refractivity contribution >= 4 is 33.1 Å². The predicted molar refractivity (Wildman–Crippen MR) is 95.7 cm³/mol. The molecule has 8 heteroatoms. The summed E-state index contributed by atoms with van der Waals surface area (Å²) in [5.74, 6) is -0.710. The van der Waals surface area contributed by atoms with Crippen LogP contribution in [0.1, 0.15) is 46.8 Å². The molecule has 1 aromatic heterocycles. The van der Waals surface area contributed by atoms with E-state index in [9.17, 15) is 18.0 Å². The number of hydrogen-bond acceptors (Lipinski definition) is 6. The number of carbonyl (C=O) groups excluding carboxylic acids is 2. The van der Waals surface area contributed by atoms with E-state index in [1.807, 2.05) is 6.07 Å². The molecular weight excluding hydrogens is 362 g/mol. The SMILES string of the molecule is CCN(C(=O)C(C)OC(=O)c1cc2c(s1)CCC2)C1CCS(=O)(=O)C1. The number of thiophene rings is 1. The number of hydrogen-bond donors (Lipinski definition) is 0. The van der Waals surface area contributed by atoms with Crippen molar-refractivity contribution in [2.75, 3.05) is 18.1 Å². The van der Waals surface area contributed by atoms with Crippen molar-refractivity contribution in [2.45, 2.75) is 51.7 Å². The van der Waals surface area contributed by atoms with Crippen LogP contribution in [0, 0.1) is 0 Å². The Labute approximate surface area is 152 Å². The highest BCUT2D eigenvalue weighted by atomic mass is 32.2. The van der Waals surface area contributed by atoms with Gasteiger partial charge in [0.05, 0.1) is 11.5 Å². The zero-order valence-corrected chi connectivity index (χ0v) is 16.1. The van der Waals surface area contributed by atoms with Crippen LogP contribution < -0.4 is 0 Å². The van der Waals surface area contributed by atoms with Gasteiger partial charge in [-0.1, -0.05) is 0 Å². The van der Waals surface area contributed by atoms with E-state index in [-0.39, 0.29) is 23.5 Å². The lowest BCUT2D eigenvalue weighted by Gasteiger charge is -2.29. The molecule has 2 atom stereocenters. The second-order valence-electron chi connectivity index (χ2n) is 6.64. The molecule has 138 valence electrons. The fourth-order valence-corrected chi connectivity index (χ4v) is 6.41. The molecule has 1 aliphatic carbocycles. The van der Waals surface area contributed by atoms with Gasteiger partial charge in [-0.05, 0) is 51.2 Å².